The van der Waals surface area contributed by atoms with Crippen LogP contribution in [0, 0.1) is 12.7 Å². The number of pyridine rings is 1. The van der Waals surface area contributed by atoms with Gasteiger partial charge in [-0.25, -0.2) is 9.18 Å². The van der Waals surface area contributed by atoms with Gasteiger partial charge in [-0.1, -0.05) is 35.9 Å². The molecule has 0 saturated carbocycles. The Balaban J connectivity index is 0.000000420. The van der Waals surface area contributed by atoms with E-state index in [0.29, 0.717) is 28.2 Å². The number of aryl methyl sites for hydroxylation is 1. The second-order valence-electron chi connectivity index (χ2n) is 7.14. The van der Waals surface area contributed by atoms with Crippen LogP contribution in [-0.4, -0.2) is 31.6 Å². The second-order valence-corrected chi connectivity index (χ2v) is 7.14. The van der Waals surface area contributed by atoms with Crippen LogP contribution >= 0.6 is 0 Å². The maximum atomic E-state index is 14.4. The van der Waals surface area contributed by atoms with E-state index < -0.39 is 11.8 Å². The number of carbonyl (C=O) groups excluding carboxylic acids is 1. The summed E-state index contributed by atoms with van der Waals surface area (Å²) in [6.45, 7) is 2.08. The van der Waals surface area contributed by atoms with Crippen molar-refractivity contribution in [3.05, 3.63) is 84.3 Å². The molecule has 3 aromatic carbocycles. The number of ether oxygens (including phenoxy) is 3. The zero-order valence-electron chi connectivity index (χ0n) is 19.5. The maximum Gasteiger partial charge on any atom is 0.346 e. The van der Waals surface area contributed by atoms with Gasteiger partial charge in [0.1, 0.15) is 5.75 Å². The van der Waals surface area contributed by atoms with Gasteiger partial charge < -0.3 is 25.3 Å². The maximum absolute atomic E-state index is 14.4. The zero-order chi connectivity index (χ0) is 25.2. The van der Waals surface area contributed by atoms with E-state index in [9.17, 15) is 9.18 Å². The number of benzene rings is 3. The number of nitrogens with zero attached hydrogens (tertiary/aromatic N) is 2. The van der Waals surface area contributed by atoms with Crippen LogP contribution in [0.5, 0.6) is 23.0 Å². The highest BCUT2D eigenvalue weighted by Crippen LogP contribution is 2.37. The number of methoxy groups -OCH3 is 2. The first-order chi connectivity index (χ1) is 16.9. The molecule has 180 valence electrons. The summed E-state index contributed by atoms with van der Waals surface area (Å²) in [5, 5.41) is 3.00. The van der Waals surface area contributed by atoms with E-state index in [2.05, 4.69) is 34.3 Å². The molecular weight excluding hydrogens is 451 g/mol. The molecular formula is C26H25FN4O4. The summed E-state index contributed by atoms with van der Waals surface area (Å²) >= 11 is 0. The van der Waals surface area contributed by atoms with E-state index in [1.54, 1.807) is 24.4 Å². The van der Waals surface area contributed by atoms with E-state index in [4.69, 9.17) is 19.9 Å². The minimum Gasteiger partial charge on any atom is -0.493 e. The number of urea groups is 1. The molecule has 1 heterocycles. The van der Waals surface area contributed by atoms with E-state index in [0.717, 1.165) is 12.4 Å². The Morgan fingerprint density at radius 3 is 2.29 bits per heavy atom. The molecule has 0 aliphatic heterocycles. The normalized spacial score (nSPS) is 10.4. The van der Waals surface area contributed by atoms with Crippen LogP contribution in [0.1, 0.15) is 5.56 Å². The van der Waals surface area contributed by atoms with Crippen LogP contribution in [0.2, 0.25) is 0 Å². The Hall–Kier alpha value is -4.66. The zero-order valence-corrected chi connectivity index (χ0v) is 19.5. The summed E-state index contributed by atoms with van der Waals surface area (Å²) in [5.74, 6) is 0.704. The molecule has 0 atom stereocenters. The number of hydrogen-bond donors (Lipinski definition) is 2. The molecule has 0 bridgehead atoms. The minimum absolute atomic E-state index is 0.0254. The largest absolute Gasteiger partial charge is 0.493 e. The van der Waals surface area contributed by atoms with Gasteiger partial charge in [-0.2, -0.15) is 4.99 Å². The number of aromatic nitrogens is 1. The SMILES string of the molecule is COc1cc2nccc(Oc3ccc(NC(=O)/N=C\N)cc3F)c2cc1OC.Cc1ccccc1. The predicted octanol–water partition coefficient (Wildman–Crippen LogP) is 5.70. The summed E-state index contributed by atoms with van der Waals surface area (Å²) < 4.78 is 30.7. The van der Waals surface area contributed by atoms with Gasteiger partial charge in [0.2, 0.25) is 0 Å². The van der Waals surface area contributed by atoms with E-state index in [1.165, 1.54) is 31.9 Å². The number of rotatable bonds is 5. The van der Waals surface area contributed by atoms with Crippen molar-refractivity contribution in [3.63, 3.8) is 0 Å². The molecule has 0 aliphatic carbocycles. The lowest BCUT2D eigenvalue weighted by molar-refractivity contribution is 0.259. The fraction of sp³-hybridized carbons (Fsp3) is 0.115. The van der Waals surface area contributed by atoms with Gasteiger partial charge in [0.05, 0.1) is 26.1 Å². The number of nitrogens with one attached hydrogen (secondary N) is 1. The van der Waals surface area contributed by atoms with Gasteiger partial charge in [-0.15, -0.1) is 0 Å². The first-order valence-electron chi connectivity index (χ1n) is 10.5. The van der Waals surface area contributed by atoms with Crippen LogP contribution in [0.15, 0.2) is 77.9 Å². The van der Waals surface area contributed by atoms with Crippen molar-refractivity contribution >= 4 is 29.0 Å². The van der Waals surface area contributed by atoms with Gasteiger partial charge >= 0.3 is 6.03 Å². The Kier molecular flexibility index (Phi) is 8.55. The topological polar surface area (TPSA) is 108 Å². The van der Waals surface area contributed by atoms with Crippen molar-refractivity contribution in [2.45, 2.75) is 6.92 Å². The van der Waals surface area contributed by atoms with Crippen molar-refractivity contribution in [2.24, 2.45) is 10.7 Å². The molecule has 2 amide bonds. The molecule has 4 aromatic rings. The summed E-state index contributed by atoms with van der Waals surface area (Å²) in [4.78, 5) is 19.0. The lowest BCUT2D eigenvalue weighted by atomic mass is 10.2. The number of amides is 2. The summed E-state index contributed by atoms with van der Waals surface area (Å²) in [5.41, 5.74) is 7.17. The first-order valence-corrected chi connectivity index (χ1v) is 10.5. The van der Waals surface area contributed by atoms with E-state index in [1.807, 2.05) is 18.2 Å². The third kappa shape index (κ3) is 6.67. The van der Waals surface area contributed by atoms with Gasteiger partial charge in [-0.05, 0) is 31.2 Å². The molecule has 4 rings (SSSR count). The standard InChI is InChI=1S/C19H17FN4O4.C7H8/c1-26-17-8-12-14(9-18(17)27-2)22-6-5-15(12)28-16-4-3-11(7-13(16)20)24-19(25)23-10-21;1-7-5-3-2-4-6-7/h3-10H,1-2H3,(H3,21,23,24,25);2-6H,1H3. The number of halogens is 1. The molecule has 0 unspecified atom stereocenters. The number of nitrogens with two attached hydrogens (primary N) is 1. The Morgan fingerprint density at radius 1 is 0.971 bits per heavy atom. The Morgan fingerprint density at radius 2 is 1.69 bits per heavy atom. The smallest absolute Gasteiger partial charge is 0.346 e. The van der Waals surface area contributed by atoms with Crippen molar-refractivity contribution in [1.29, 1.82) is 0 Å². The molecule has 0 saturated heterocycles. The molecule has 3 N–H and O–H groups in total. The third-order valence-corrected chi connectivity index (χ3v) is 4.74. The molecule has 0 spiro atoms. The molecule has 35 heavy (non-hydrogen) atoms. The van der Waals surface area contributed by atoms with Gasteiger partial charge in [-0.3, -0.25) is 4.98 Å². The molecule has 8 nitrogen and oxygen atoms in total. The average Bonchev–Trinajstić information content (AvgIpc) is 2.86. The molecule has 1 aromatic heterocycles. The Bertz CT molecular complexity index is 1330. The molecule has 0 fully saturated rings. The lowest BCUT2D eigenvalue weighted by Crippen LogP contribution is -2.08. The number of hydrogen-bond acceptors (Lipinski definition) is 5. The van der Waals surface area contributed by atoms with Crippen LogP contribution in [0.25, 0.3) is 10.9 Å². The van der Waals surface area contributed by atoms with Crippen molar-refractivity contribution in [2.75, 3.05) is 19.5 Å². The summed E-state index contributed by atoms with van der Waals surface area (Å²) in [6, 6.07) is 18.6. The summed E-state index contributed by atoms with van der Waals surface area (Å²) in [6.07, 6.45) is 2.39. The van der Waals surface area contributed by atoms with Gasteiger partial charge in [0.25, 0.3) is 0 Å². The van der Waals surface area contributed by atoms with Crippen molar-refractivity contribution < 1.29 is 23.4 Å². The van der Waals surface area contributed by atoms with E-state index in [-0.39, 0.29) is 11.4 Å². The van der Waals surface area contributed by atoms with E-state index >= 15 is 0 Å². The number of fused-ring (bicyclic) bond motifs is 1. The molecule has 0 radical (unpaired) electrons. The van der Waals surface area contributed by atoms with Crippen LogP contribution < -0.4 is 25.3 Å². The Labute approximate surface area is 202 Å². The van der Waals surface area contributed by atoms with Crippen LogP contribution in [0.3, 0.4) is 0 Å². The first kappa shape index (κ1) is 25.0. The molecule has 0 aliphatic rings. The van der Waals surface area contributed by atoms with Crippen LogP contribution in [-0.2, 0) is 0 Å². The van der Waals surface area contributed by atoms with Crippen molar-refractivity contribution in [3.8, 4) is 23.0 Å². The van der Waals surface area contributed by atoms with Gasteiger partial charge in [0, 0.05) is 29.4 Å². The number of anilines is 1. The molecule has 9 heteroatoms. The number of aliphatic imine (C=N–C) groups is 1. The highest BCUT2D eigenvalue weighted by atomic mass is 19.1. The highest BCUT2D eigenvalue weighted by Gasteiger charge is 2.13. The third-order valence-electron chi connectivity index (χ3n) is 4.74. The number of carbonyl (C=O) groups is 1. The van der Waals surface area contributed by atoms with Crippen molar-refractivity contribution in [1.82, 2.24) is 4.98 Å². The van der Waals surface area contributed by atoms with Gasteiger partial charge in [0.15, 0.2) is 23.1 Å². The highest BCUT2D eigenvalue weighted by molar-refractivity contribution is 5.94. The van der Waals surface area contributed by atoms with Crippen LogP contribution in [0.4, 0.5) is 14.9 Å². The fourth-order valence-corrected chi connectivity index (χ4v) is 3.07. The minimum atomic E-state index is -0.711. The quantitative estimate of drug-likeness (QED) is 0.283. The monoisotopic (exact) mass is 476 g/mol. The fourth-order valence-electron chi connectivity index (χ4n) is 3.07. The lowest BCUT2D eigenvalue weighted by Gasteiger charge is -2.13. The average molecular weight is 477 g/mol. The summed E-state index contributed by atoms with van der Waals surface area (Å²) in [7, 11) is 3.04. The predicted molar refractivity (Wildman–Crippen MR) is 134 cm³/mol. The second kappa shape index (κ2) is 12.0.